The van der Waals surface area contributed by atoms with Gasteiger partial charge in [-0.2, -0.15) is 0 Å². The van der Waals surface area contributed by atoms with E-state index in [1.807, 2.05) is 19.1 Å². The van der Waals surface area contributed by atoms with Crippen molar-refractivity contribution in [2.45, 2.75) is 52.9 Å². The number of carbonyl (C=O) groups is 1. The van der Waals surface area contributed by atoms with Gasteiger partial charge in [0.05, 0.1) is 12.7 Å². The molecule has 3 heteroatoms. The first-order valence-corrected chi connectivity index (χ1v) is 9.51. The number of phenols is 1. The molecule has 1 unspecified atom stereocenters. The quantitative estimate of drug-likeness (QED) is 0.588. The zero-order chi connectivity index (χ0) is 19.1. The van der Waals surface area contributed by atoms with Crippen LogP contribution in [-0.2, 0) is 6.42 Å². The number of hydrogen-bond donors (Lipinski definition) is 1. The molecule has 26 heavy (non-hydrogen) atoms. The summed E-state index contributed by atoms with van der Waals surface area (Å²) in [6.45, 7) is 6.34. The number of aryl methyl sites for hydroxylation is 1. The fourth-order valence-electron chi connectivity index (χ4n) is 3.28. The fourth-order valence-corrected chi connectivity index (χ4v) is 3.28. The molecule has 0 spiro atoms. The Kier molecular flexibility index (Phi) is 7.26. The van der Waals surface area contributed by atoms with Gasteiger partial charge < -0.3 is 9.84 Å². The molecule has 0 amide bonds. The average Bonchev–Trinajstić information content (AvgIpc) is 2.66. The van der Waals surface area contributed by atoms with E-state index in [0.29, 0.717) is 22.8 Å². The number of hydrogen-bond acceptors (Lipinski definition) is 3. The Morgan fingerprint density at radius 1 is 1.12 bits per heavy atom. The third-order valence-corrected chi connectivity index (χ3v) is 5.05. The molecule has 2 aromatic rings. The summed E-state index contributed by atoms with van der Waals surface area (Å²) in [7, 11) is 1.60. The van der Waals surface area contributed by atoms with E-state index in [2.05, 4.69) is 13.8 Å². The van der Waals surface area contributed by atoms with E-state index >= 15 is 0 Å². The predicted molar refractivity (Wildman–Crippen MR) is 106 cm³/mol. The van der Waals surface area contributed by atoms with Crippen LogP contribution >= 0.6 is 0 Å². The minimum atomic E-state index is -0.159. The van der Waals surface area contributed by atoms with Crippen LogP contribution < -0.4 is 4.74 Å². The molecule has 2 rings (SSSR count). The standard InChI is InChI=1S/C23H30O3/c1-5-7-8-17(6-2)15-20-21(26-4)14-13-19(23(20)25)22(24)18-11-9-16(3)10-12-18/h9-14,17,25H,5-8,15H2,1-4H3. The minimum absolute atomic E-state index is 0.0601. The van der Waals surface area contributed by atoms with Gasteiger partial charge in [-0.25, -0.2) is 0 Å². The molecule has 0 fully saturated rings. The summed E-state index contributed by atoms with van der Waals surface area (Å²) >= 11 is 0. The number of aromatic hydroxyl groups is 1. The molecule has 0 aliphatic carbocycles. The summed E-state index contributed by atoms with van der Waals surface area (Å²) < 4.78 is 5.46. The van der Waals surface area contributed by atoms with Crippen LogP contribution in [0, 0.1) is 12.8 Å². The van der Waals surface area contributed by atoms with Gasteiger partial charge in [0.15, 0.2) is 5.78 Å². The summed E-state index contributed by atoms with van der Waals surface area (Å²) in [6, 6.07) is 10.9. The molecule has 0 saturated carbocycles. The van der Waals surface area contributed by atoms with E-state index in [1.165, 1.54) is 6.42 Å². The van der Waals surface area contributed by atoms with Gasteiger partial charge in [-0.15, -0.1) is 0 Å². The maximum atomic E-state index is 12.9. The molecule has 1 atom stereocenters. The molecule has 3 nitrogen and oxygen atoms in total. The van der Waals surface area contributed by atoms with E-state index in [-0.39, 0.29) is 11.5 Å². The summed E-state index contributed by atoms with van der Waals surface area (Å²) in [6.07, 6.45) is 5.21. The summed E-state index contributed by atoms with van der Waals surface area (Å²) in [4.78, 5) is 12.9. The van der Waals surface area contributed by atoms with Gasteiger partial charge in [-0.3, -0.25) is 4.79 Å². The number of carbonyl (C=O) groups excluding carboxylic acids is 1. The Morgan fingerprint density at radius 2 is 1.81 bits per heavy atom. The van der Waals surface area contributed by atoms with Crippen molar-refractivity contribution in [1.82, 2.24) is 0 Å². The zero-order valence-corrected chi connectivity index (χ0v) is 16.3. The van der Waals surface area contributed by atoms with Crippen LogP contribution in [0.5, 0.6) is 11.5 Å². The van der Waals surface area contributed by atoms with Crippen LogP contribution in [0.4, 0.5) is 0 Å². The number of methoxy groups -OCH3 is 1. The van der Waals surface area contributed by atoms with Crippen molar-refractivity contribution in [1.29, 1.82) is 0 Å². The Morgan fingerprint density at radius 3 is 2.38 bits per heavy atom. The first-order chi connectivity index (χ1) is 12.5. The lowest BCUT2D eigenvalue weighted by Crippen LogP contribution is -2.08. The molecular formula is C23H30O3. The zero-order valence-electron chi connectivity index (χ0n) is 16.3. The number of phenolic OH excluding ortho intramolecular Hbond substituents is 1. The molecule has 140 valence electrons. The summed E-state index contributed by atoms with van der Waals surface area (Å²) in [5.74, 6) is 1.02. The number of benzene rings is 2. The maximum absolute atomic E-state index is 12.9. The highest BCUT2D eigenvalue weighted by Crippen LogP contribution is 2.36. The SMILES string of the molecule is CCCCC(CC)Cc1c(OC)ccc(C(=O)c2ccc(C)cc2)c1O. The summed E-state index contributed by atoms with van der Waals surface area (Å²) in [5, 5.41) is 10.9. The lowest BCUT2D eigenvalue weighted by atomic mass is 9.89. The van der Waals surface area contributed by atoms with Crippen molar-refractivity contribution in [2.24, 2.45) is 5.92 Å². The number of unbranched alkanes of at least 4 members (excludes halogenated alkanes) is 1. The Labute approximate surface area is 157 Å². The third kappa shape index (κ3) is 4.66. The van der Waals surface area contributed by atoms with Crippen molar-refractivity contribution in [3.8, 4) is 11.5 Å². The largest absolute Gasteiger partial charge is 0.507 e. The van der Waals surface area contributed by atoms with Gasteiger partial charge in [-0.05, 0) is 31.4 Å². The highest BCUT2D eigenvalue weighted by atomic mass is 16.5. The van der Waals surface area contributed by atoms with Gasteiger partial charge in [0.25, 0.3) is 0 Å². The molecule has 0 aliphatic heterocycles. The number of ether oxygens (including phenoxy) is 1. The normalized spacial score (nSPS) is 12.0. The molecule has 2 aromatic carbocycles. The number of rotatable bonds is 9. The van der Waals surface area contributed by atoms with Crippen molar-refractivity contribution < 1.29 is 14.6 Å². The molecule has 0 heterocycles. The fraction of sp³-hybridized carbons (Fsp3) is 0.435. The van der Waals surface area contributed by atoms with Gasteiger partial charge in [0.1, 0.15) is 11.5 Å². The molecule has 0 saturated heterocycles. The van der Waals surface area contributed by atoms with Crippen molar-refractivity contribution in [3.05, 3.63) is 58.7 Å². The first kappa shape index (κ1) is 20.0. The average molecular weight is 354 g/mol. The second-order valence-electron chi connectivity index (χ2n) is 6.96. The molecule has 1 N–H and O–H groups in total. The topological polar surface area (TPSA) is 46.5 Å². The van der Waals surface area contributed by atoms with Crippen molar-refractivity contribution in [3.63, 3.8) is 0 Å². The molecule has 0 radical (unpaired) electrons. The predicted octanol–water partition coefficient (Wildman–Crippen LogP) is 5.70. The first-order valence-electron chi connectivity index (χ1n) is 9.51. The monoisotopic (exact) mass is 354 g/mol. The van der Waals surface area contributed by atoms with Crippen LogP contribution in [0.2, 0.25) is 0 Å². The van der Waals surface area contributed by atoms with Crippen LogP contribution in [0.15, 0.2) is 36.4 Å². The van der Waals surface area contributed by atoms with Gasteiger partial charge in [0, 0.05) is 11.1 Å². The second-order valence-corrected chi connectivity index (χ2v) is 6.96. The highest BCUT2D eigenvalue weighted by Gasteiger charge is 2.21. The molecular weight excluding hydrogens is 324 g/mol. The highest BCUT2D eigenvalue weighted by molar-refractivity contribution is 6.11. The van der Waals surface area contributed by atoms with Crippen molar-refractivity contribution in [2.75, 3.05) is 7.11 Å². The van der Waals surface area contributed by atoms with E-state index in [4.69, 9.17) is 4.74 Å². The van der Waals surface area contributed by atoms with E-state index < -0.39 is 0 Å². The third-order valence-electron chi connectivity index (χ3n) is 5.05. The molecule has 0 bridgehead atoms. The van der Waals surface area contributed by atoms with Crippen LogP contribution in [0.25, 0.3) is 0 Å². The second kappa shape index (κ2) is 9.42. The Balaban J connectivity index is 2.37. The summed E-state index contributed by atoms with van der Waals surface area (Å²) in [5.41, 5.74) is 2.77. The van der Waals surface area contributed by atoms with E-state index in [9.17, 15) is 9.90 Å². The van der Waals surface area contributed by atoms with Crippen LogP contribution in [0.3, 0.4) is 0 Å². The van der Waals surface area contributed by atoms with Gasteiger partial charge in [-0.1, -0.05) is 69.4 Å². The molecule has 0 aliphatic rings. The smallest absolute Gasteiger partial charge is 0.196 e. The van der Waals surface area contributed by atoms with Gasteiger partial charge >= 0.3 is 0 Å². The number of ketones is 1. The van der Waals surface area contributed by atoms with Gasteiger partial charge in [0.2, 0.25) is 0 Å². The maximum Gasteiger partial charge on any atom is 0.196 e. The van der Waals surface area contributed by atoms with E-state index in [1.54, 1.807) is 31.4 Å². The molecule has 0 aromatic heterocycles. The Hall–Kier alpha value is -2.29. The van der Waals surface area contributed by atoms with Crippen LogP contribution in [0.1, 0.15) is 66.6 Å². The lowest BCUT2D eigenvalue weighted by Gasteiger charge is -2.19. The van der Waals surface area contributed by atoms with Crippen LogP contribution in [-0.4, -0.2) is 18.0 Å². The minimum Gasteiger partial charge on any atom is -0.507 e. The van der Waals surface area contributed by atoms with E-state index in [0.717, 1.165) is 36.8 Å². The van der Waals surface area contributed by atoms with Crippen molar-refractivity contribution >= 4 is 5.78 Å². The lowest BCUT2D eigenvalue weighted by molar-refractivity contribution is 0.103. The Bertz CT molecular complexity index is 732.